The van der Waals surface area contributed by atoms with E-state index in [2.05, 4.69) is 44.4 Å². The molecule has 10 heteroatoms. The molecule has 0 spiro atoms. The Kier molecular flexibility index (Phi) is 6.99. The van der Waals surface area contributed by atoms with Crippen molar-refractivity contribution in [2.24, 2.45) is 5.92 Å². The Labute approximate surface area is 225 Å². The number of aromatic amines is 1. The molecule has 0 atom stereocenters. The first-order valence-electron chi connectivity index (χ1n) is 13.4. The monoisotopic (exact) mass is 532 g/mol. The zero-order valence-corrected chi connectivity index (χ0v) is 22.1. The molecule has 1 aliphatic carbocycles. The van der Waals surface area contributed by atoms with Crippen LogP contribution in [0.4, 0.5) is 11.5 Å². The number of aromatic nitrogens is 2. The summed E-state index contributed by atoms with van der Waals surface area (Å²) in [5.74, 6) is 1.70. The van der Waals surface area contributed by atoms with Gasteiger partial charge in [-0.2, -0.15) is 4.37 Å². The number of amides is 1. The Morgan fingerprint density at radius 2 is 1.87 bits per heavy atom. The van der Waals surface area contributed by atoms with E-state index in [1.54, 1.807) is 23.7 Å². The minimum atomic E-state index is -0.422. The van der Waals surface area contributed by atoms with E-state index >= 15 is 0 Å². The van der Waals surface area contributed by atoms with Gasteiger partial charge < -0.3 is 15.2 Å². The molecule has 0 radical (unpaired) electrons. The van der Waals surface area contributed by atoms with Crippen molar-refractivity contribution in [1.82, 2.24) is 19.6 Å². The highest BCUT2D eigenvalue weighted by molar-refractivity contribution is 7.13. The Hall–Kier alpha value is -3.50. The minimum absolute atomic E-state index is 0.0248. The van der Waals surface area contributed by atoms with Gasteiger partial charge in [0.15, 0.2) is 0 Å². The summed E-state index contributed by atoms with van der Waals surface area (Å²) in [7, 11) is 0. The maximum absolute atomic E-state index is 12.8. The van der Waals surface area contributed by atoms with Crippen molar-refractivity contribution in [2.45, 2.75) is 38.1 Å². The van der Waals surface area contributed by atoms with E-state index in [1.165, 1.54) is 28.6 Å². The van der Waals surface area contributed by atoms with Gasteiger partial charge in [-0.15, -0.1) is 0 Å². The van der Waals surface area contributed by atoms with Gasteiger partial charge in [0, 0.05) is 60.6 Å². The number of nitro groups is 1. The fourth-order valence-corrected chi connectivity index (χ4v) is 6.66. The van der Waals surface area contributed by atoms with Crippen molar-refractivity contribution in [2.75, 3.05) is 37.6 Å². The molecule has 1 saturated heterocycles. The van der Waals surface area contributed by atoms with Crippen molar-refractivity contribution in [3.63, 3.8) is 0 Å². The number of H-pyrrole nitrogens is 1. The van der Waals surface area contributed by atoms with E-state index in [1.807, 2.05) is 0 Å². The van der Waals surface area contributed by atoms with Crippen LogP contribution in [0, 0.1) is 16.0 Å². The lowest BCUT2D eigenvalue weighted by Gasteiger charge is -2.36. The second-order valence-corrected chi connectivity index (χ2v) is 11.3. The zero-order valence-electron chi connectivity index (χ0n) is 21.3. The van der Waals surface area contributed by atoms with Gasteiger partial charge in [-0.3, -0.25) is 19.8 Å². The zero-order chi connectivity index (χ0) is 26.1. The molecule has 1 amide bonds. The number of nitrogens with zero attached hydrogens (tertiary/aromatic N) is 4. The van der Waals surface area contributed by atoms with Crippen LogP contribution >= 0.6 is 11.5 Å². The SMILES string of the molecule is O=C(N[C@H]1CC[C@H](CCN2CCN(c3nsc4ccccc34)CC2)CC1)c1cc2cc([N+](=O)[O-])ccc2[nH]1. The van der Waals surface area contributed by atoms with E-state index in [0.717, 1.165) is 69.7 Å². The predicted octanol–water partition coefficient (Wildman–Crippen LogP) is 5.19. The maximum Gasteiger partial charge on any atom is 0.270 e. The van der Waals surface area contributed by atoms with Crippen LogP contribution in [0.3, 0.4) is 0 Å². The van der Waals surface area contributed by atoms with E-state index in [9.17, 15) is 14.9 Å². The number of carbonyl (C=O) groups is 1. The van der Waals surface area contributed by atoms with Gasteiger partial charge in [0.05, 0.1) is 9.62 Å². The molecule has 2 aromatic carbocycles. The van der Waals surface area contributed by atoms with Gasteiger partial charge in [-0.05, 0) is 80.4 Å². The summed E-state index contributed by atoms with van der Waals surface area (Å²) in [6.45, 7) is 5.32. The molecule has 3 heterocycles. The number of hydrogen-bond acceptors (Lipinski definition) is 7. The van der Waals surface area contributed by atoms with E-state index in [0.29, 0.717) is 17.0 Å². The Balaban J connectivity index is 0.936. The number of piperazine rings is 1. The molecular formula is C28H32N6O3S. The lowest BCUT2D eigenvalue weighted by atomic mass is 9.84. The standard InChI is InChI=1S/C28H32N6O3S/c35-28(25-18-20-17-22(34(36)37)9-10-24(20)30-25)29-21-7-5-19(6-8-21)11-12-32-13-15-33(16-14-32)27-23-3-1-2-4-26(23)38-31-27/h1-4,9-10,17-19,21,30H,5-8,11-16H2,(H,29,35)/t19-,21-. The topological polar surface area (TPSA) is 107 Å². The fourth-order valence-electron chi connectivity index (χ4n) is 5.86. The number of nitro benzene ring substituents is 1. The number of benzene rings is 2. The summed E-state index contributed by atoms with van der Waals surface area (Å²) in [6, 6.07) is 14.9. The van der Waals surface area contributed by atoms with Gasteiger partial charge in [-0.1, -0.05) is 12.1 Å². The average molecular weight is 533 g/mol. The summed E-state index contributed by atoms with van der Waals surface area (Å²) in [5.41, 5.74) is 1.20. The molecule has 198 valence electrons. The van der Waals surface area contributed by atoms with Crippen molar-refractivity contribution < 1.29 is 9.72 Å². The molecule has 1 saturated carbocycles. The predicted molar refractivity (Wildman–Crippen MR) is 151 cm³/mol. The number of rotatable bonds is 7. The largest absolute Gasteiger partial charge is 0.353 e. The summed E-state index contributed by atoms with van der Waals surface area (Å²) in [6.07, 6.45) is 5.46. The molecule has 2 aromatic heterocycles. The van der Waals surface area contributed by atoms with Crippen LogP contribution in [0.1, 0.15) is 42.6 Å². The Bertz CT molecular complexity index is 1450. The third-order valence-electron chi connectivity index (χ3n) is 8.13. The molecule has 6 rings (SSSR count). The first-order chi connectivity index (χ1) is 18.5. The molecular weight excluding hydrogens is 500 g/mol. The molecule has 0 bridgehead atoms. The van der Waals surface area contributed by atoms with Gasteiger partial charge >= 0.3 is 0 Å². The Morgan fingerprint density at radius 3 is 2.66 bits per heavy atom. The number of nitrogens with one attached hydrogen (secondary N) is 2. The molecule has 0 unspecified atom stereocenters. The average Bonchev–Trinajstić information content (AvgIpc) is 3.57. The smallest absolute Gasteiger partial charge is 0.270 e. The number of non-ortho nitro benzene ring substituents is 1. The minimum Gasteiger partial charge on any atom is -0.353 e. The third-order valence-corrected chi connectivity index (χ3v) is 8.94. The highest BCUT2D eigenvalue weighted by Crippen LogP contribution is 2.31. The van der Waals surface area contributed by atoms with Gasteiger partial charge in [-0.25, -0.2) is 0 Å². The van der Waals surface area contributed by atoms with Crippen LogP contribution < -0.4 is 10.2 Å². The van der Waals surface area contributed by atoms with Crippen LogP contribution in [0.25, 0.3) is 21.0 Å². The first-order valence-corrected chi connectivity index (χ1v) is 14.2. The molecule has 38 heavy (non-hydrogen) atoms. The van der Waals surface area contributed by atoms with Crippen molar-refractivity contribution in [3.8, 4) is 0 Å². The first kappa shape index (κ1) is 24.8. The highest BCUT2D eigenvalue weighted by atomic mass is 32.1. The molecule has 2 N–H and O–H groups in total. The van der Waals surface area contributed by atoms with Crippen LogP contribution in [-0.4, -0.2) is 63.9 Å². The van der Waals surface area contributed by atoms with Crippen LogP contribution in [0.5, 0.6) is 0 Å². The lowest BCUT2D eigenvalue weighted by molar-refractivity contribution is -0.384. The summed E-state index contributed by atoms with van der Waals surface area (Å²) in [4.78, 5) is 31.5. The Morgan fingerprint density at radius 1 is 1.08 bits per heavy atom. The quantitative estimate of drug-likeness (QED) is 0.251. The van der Waals surface area contributed by atoms with Crippen LogP contribution in [0.2, 0.25) is 0 Å². The van der Waals surface area contributed by atoms with Crippen LogP contribution in [0.15, 0.2) is 48.5 Å². The molecule has 2 fully saturated rings. The van der Waals surface area contributed by atoms with Crippen molar-refractivity contribution in [3.05, 3.63) is 64.3 Å². The number of fused-ring (bicyclic) bond motifs is 2. The molecule has 1 aliphatic heterocycles. The van der Waals surface area contributed by atoms with E-state index in [-0.39, 0.29) is 17.6 Å². The lowest BCUT2D eigenvalue weighted by Crippen LogP contribution is -2.47. The molecule has 4 aromatic rings. The van der Waals surface area contributed by atoms with Crippen molar-refractivity contribution in [1.29, 1.82) is 0 Å². The van der Waals surface area contributed by atoms with Crippen molar-refractivity contribution >= 4 is 49.9 Å². The van der Waals surface area contributed by atoms with Gasteiger partial charge in [0.2, 0.25) is 0 Å². The summed E-state index contributed by atoms with van der Waals surface area (Å²) >= 11 is 1.59. The summed E-state index contributed by atoms with van der Waals surface area (Å²) in [5, 5.41) is 16.1. The normalized spacial score (nSPS) is 20.7. The third kappa shape index (κ3) is 5.23. The highest BCUT2D eigenvalue weighted by Gasteiger charge is 2.25. The fraction of sp³-hybridized carbons (Fsp3) is 0.429. The number of carbonyl (C=O) groups excluding carboxylic acids is 1. The van der Waals surface area contributed by atoms with E-state index in [4.69, 9.17) is 4.37 Å². The second-order valence-electron chi connectivity index (χ2n) is 10.5. The number of hydrogen-bond donors (Lipinski definition) is 2. The van der Waals surface area contributed by atoms with Crippen LogP contribution in [-0.2, 0) is 0 Å². The number of anilines is 1. The molecule has 9 nitrogen and oxygen atoms in total. The van der Waals surface area contributed by atoms with Gasteiger partial charge in [0.1, 0.15) is 11.5 Å². The molecule has 2 aliphatic rings. The second kappa shape index (κ2) is 10.7. The summed E-state index contributed by atoms with van der Waals surface area (Å²) < 4.78 is 5.98. The van der Waals surface area contributed by atoms with Gasteiger partial charge in [0.25, 0.3) is 11.6 Å². The van der Waals surface area contributed by atoms with E-state index < -0.39 is 4.92 Å². The maximum atomic E-state index is 12.8.